The molecular weight excluding hydrogens is 204 g/mol. The normalized spacial score (nSPS) is 15.9. The van der Waals surface area contributed by atoms with Crippen molar-refractivity contribution in [3.05, 3.63) is 29.3 Å². The van der Waals surface area contributed by atoms with Crippen molar-refractivity contribution in [1.29, 1.82) is 0 Å². The van der Waals surface area contributed by atoms with E-state index in [1.807, 2.05) is 25.1 Å². The highest BCUT2D eigenvalue weighted by Crippen LogP contribution is 2.28. The van der Waals surface area contributed by atoms with Crippen molar-refractivity contribution in [2.75, 3.05) is 6.61 Å². The molecule has 1 aliphatic heterocycles. The van der Waals surface area contributed by atoms with Crippen molar-refractivity contribution in [3.8, 4) is 5.75 Å². The van der Waals surface area contributed by atoms with Crippen molar-refractivity contribution in [1.82, 2.24) is 5.43 Å². The number of nitrogens with two attached hydrogens (primary N) is 1. The van der Waals surface area contributed by atoms with E-state index >= 15 is 0 Å². The lowest BCUT2D eigenvalue weighted by Crippen LogP contribution is -2.33. The molecule has 0 aliphatic carbocycles. The lowest BCUT2D eigenvalue weighted by Gasteiger charge is -2.19. The molecule has 3 N–H and O–H groups in total. The third-order valence-corrected chi connectivity index (χ3v) is 2.97. The lowest BCUT2D eigenvalue weighted by atomic mass is 9.95. The second kappa shape index (κ2) is 4.53. The highest BCUT2D eigenvalue weighted by atomic mass is 16.5. The molecule has 1 unspecified atom stereocenters. The Kier molecular flexibility index (Phi) is 3.10. The second-order valence-corrected chi connectivity index (χ2v) is 4.05. The third kappa shape index (κ3) is 2.02. The van der Waals surface area contributed by atoms with Gasteiger partial charge < -0.3 is 4.74 Å². The molecule has 1 aromatic carbocycles. The van der Waals surface area contributed by atoms with Crippen LogP contribution in [0.3, 0.4) is 0 Å². The predicted octanol–water partition coefficient (Wildman–Crippen LogP) is 1.10. The Morgan fingerprint density at radius 3 is 3.12 bits per heavy atom. The summed E-state index contributed by atoms with van der Waals surface area (Å²) in [6.45, 7) is 2.62. The molecule has 1 amide bonds. The van der Waals surface area contributed by atoms with Gasteiger partial charge in [0.25, 0.3) is 0 Å². The fraction of sp³-hybridized carbons (Fsp3) is 0.417. The van der Waals surface area contributed by atoms with Crippen LogP contribution in [0.2, 0.25) is 0 Å². The average molecular weight is 220 g/mol. The maximum Gasteiger partial charge on any atom is 0.241 e. The van der Waals surface area contributed by atoms with Gasteiger partial charge in [-0.3, -0.25) is 10.2 Å². The number of benzene rings is 1. The molecule has 4 nitrogen and oxygen atoms in total. The summed E-state index contributed by atoms with van der Waals surface area (Å²) in [5.41, 5.74) is 4.33. The molecule has 0 spiro atoms. The number of nitrogens with one attached hydrogen (secondary N) is 1. The number of aryl methyl sites for hydroxylation is 1. The van der Waals surface area contributed by atoms with E-state index in [-0.39, 0.29) is 11.8 Å². The van der Waals surface area contributed by atoms with Crippen LogP contribution in [0, 0.1) is 0 Å². The molecule has 0 aromatic heterocycles. The van der Waals surface area contributed by atoms with Gasteiger partial charge in [-0.25, -0.2) is 5.84 Å². The van der Waals surface area contributed by atoms with Crippen LogP contribution < -0.4 is 16.0 Å². The fourth-order valence-corrected chi connectivity index (χ4v) is 1.93. The molecule has 4 heteroatoms. The maximum atomic E-state index is 11.4. The number of rotatable bonds is 2. The molecule has 1 aromatic rings. The first-order valence-electron chi connectivity index (χ1n) is 5.48. The quantitative estimate of drug-likeness (QED) is 0.446. The molecule has 0 bridgehead atoms. The maximum absolute atomic E-state index is 11.4. The molecule has 1 heterocycles. The minimum Gasteiger partial charge on any atom is -0.493 e. The van der Waals surface area contributed by atoms with Gasteiger partial charge in [-0.2, -0.15) is 0 Å². The Bertz CT molecular complexity index is 404. The van der Waals surface area contributed by atoms with E-state index in [1.54, 1.807) is 0 Å². The van der Waals surface area contributed by atoms with Crippen molar-refractivity contribution >= 4 is 5.91 Å². The second-order valence-electron chi connectivity index (χ2n) is 4.05. The van der Waals surface area contributed by atoms with Crippen LogP contribution in [-0.4, -0.2) is 12.5 Å². The molecule has 0 radical (unpaired) electrons. The van der Waals surface area contributed by atoms with Gasteiger partial charge in [0.2, 0.25) is 5.91 Å². The van der Waals surface area contributed by atoms with E-state index in [4.69, 9.17) is 10.6 Å². The van der Waals surface area contributed by atoms with Gasteiger partial charge in [-0.05, 0) is 37.0 Å². The summed E-state index contributed by atoms with van der Waals surface area (Å²) in [6.07, 6.45) is 2.05. The van der Waals surface area contributed by atoms with Crippen molar-refractivity contribution in [2.45, 2.75) is 25.7 Å². The Balaban J connectivity index is 2.26. The van der Waals surface area contributed by atoms with E-state index in [9.17, 15) is 4.79 Å². The summed E-state index contributed by atoms with van der Waals surface area (Å²) in [6, 6.07) is 5.89. The molecule has 0 fully saturated rings. The van der Waals surface area contributed by atoms with Gasteiger partial charge in [-0.15, -0.1) is 0 Å². The first kappa shape index (κ1) is 11.0. The summed E-state index contributed by atoms with van der Waals surface area (Å²) in [5.74, 6) is 5.67. The first-order valence-corrected chi connectivity index (χ1v) is 5.48. The molecule has 0 saturated heterocycles. The first-order chi connectivity index (χ1) is 7.72. The zero-order valence-corrected chi connectivity index (χ0v) is 9.32. The Morgan fingerprint density at radius 2 is 2.38 bits per heavy atom. The molecule has 16 heavy (non-hydrogen) atoms. The smallest absolute Gasteiger partial charge is 0.241 e. The molecular formula is C12H16N2O2. The van der Waals surface area contributed by atoms with Crippen LogP contribution in [0.5, 0.6) is 5.75 Å². The van der Waals surface area contributed by atoms with E-state index in [0.29, 0.717) is 0 Å². The fourth-order valence-electron chi connectivity index (χ4n) is 1.93. The summed E-state index contributed by atoms with van der Waals surface area (Å²) in [4.78, 5) is 11.4. The van der Waals surface area contributed by atoms with E-state index in [2.05, 4.69) is 5.43 Å². The highest BCUT2D eigenvalue weighted by Gasteiger charge is 2.17. The Labute approximate surface area is 94.8 Å². The zero-order valence-electron chi connectivity index (χ0n) is 9.32. The van der Waals surface area contributed by atoms with E-state index in [0.717, 1.165) is 30.8 Å². The van der Waals surface area contributed by atoms with Gasteiger partial charge in [0.1, 0.15) is 5.75 Å². The minimum atomic E-state index is -0.225. The number of hydrazine groups is 1. The lowest BCUT2D eigenvalue weighted by molar-refractivity contribution is -0.122. The summed E-state index contributed by atoms with van der Waals surface area (Å²) >= 11 is 0. The highest BCUT2D eigenvalue weighted by molar-refractivity contribution is 5.82. The number of ether oxygens (including phenoxy) is 1. The molecule has 1 atom stereocenters. The SMILES string of the molecule is CC(C(=O)NN)c1ccc2c(c1)CCCO2. The van der Waals surface area contributed by atoms with Crippen LogP contribution in [0.4, 0.5) is 0 Å². The van der Waals surface area contributed by atoms with Gasteiger partial charge in [0.15, 0.2) is 0 Å². The van der Waals surface area contributed by atoms with Gasteiger partial charge in [0, 0.05) is 0 Å². The number of carbonyl (C=O) groups is 1. The minimum absolute atomic E-state index is 0.170. The van der Waals surface area contributed by atoms with Gasteiger partial charge >= 0.3 is 0 Å². The van der Waals surface area contributed by atoms with Crippen LogP contribution in [-0.2, 0) is 11.2 Å². The standard InChI is InChI=1S/C12H16N2O2/c1-8(12(15)14-13)9-4-5-11-10(7-9)3-2-6-16-11/h4-5,7-8H,2-3,6,13H2,1H3,(H,14,15). The van der Waals surface area contributed by atoms with E-state index < -0.39 is 0 Å². The Hall–Kier alpha value is -1.55. The largest absolute Gasteiger partial charge is 0.493 e. The summed E-state index contributed by atoms with van der Waals surface area (Å²) in [5, 5.41) is 0. The Morgan fingerprint density at radius 1 is 1.56 bits per heavy atom. The molecule has 1 aliphatic rings. The van der Waals surface area contributed by atoms with Crippen molar-refractivity contribution in [3.63, 3.8) is 0 Å². The van der Waals surface area contributed by atoms with Crippen molar-refractivity contribution < 1.29 is 9.53 Å². The van der Waals surface area contributed by atoms with Crippen LogP contribution in [0.15, 0.2) is 18.2 Å². The topological polar surface area (TPSA) is 64.4 Å². The summed E-state index contributed by atoms with van der Waals surface area (Å²) in [7, 11) is 0. The van der Waals surface area contributed by atoms with Crippen molar-refractivity contribution in [2.24, 2.45) is 5.84 Å². The van der Waals surface area contributed by atoms with Crippen LogP contribution in [0.25, 0.3) is 0 Å². The number of carbonyl (C=O) groups excluding carboxylic acids is 1. The van der Waals surface area contributed by atoms with Gasteiger partial charge in [-0.1, -0.05) is 12.1 Å². The monoisotopic (exact) mass is 220 g/mol. The third-order valence-electron chi connectivity index (χ3n) is 2.97. The molecule has 2 rings (SSSR count). The van der Waals surface area contributed by atoms with Crippen LogP contribution >= 0.6 is 0 Å². The number of hydrogen-bond acceptors (Lipinski definition) is 3. The average Bonchev–Trinajstić information content (AvgIpc) is 2.36. The predicted molar refractivity (Wildman–Crippen MR) is 61.0 cm³/mol. The van der Waals surface area contributed by atoms with Gasteiger partial charge in [0.05, 0.1) is 12.5 Å². The van der Waals surface area contributed by atoms with Crippen LogP contribution in [0.1, 0.15) is 30.4 Å². The zero-order chi connectivity index (χ0) is 11.5. The summed E-state index contributed by atoms with van der Waals surface area (Å²) < 4.78 is 5.52. The molecule has 86 valence electrons. The molecule has 0 saturated carbocycles. The number of hydrogen-bond donors (Lipinski definition) is 2. The number of amides is 1. The number of fused-ring (bicyclic) bond motifs is 1. The van der Waals surface area contributed by atoms with E-state index in [1.165, 1.54) is 5.56 Å².